The lowest BCUT2D eigenvalue weighted by molar-refractivity contribution is 0.0697. The molecule has 0 atom stereocenters. The Kier molecular flexibility index (Phi) is 3.44. The number of carbonyl (C=O) groups is 1. The van der Waals surface area contributed by atoms with Crippen LogP contribution in [0.4, 0.5) is 5.69 Å². The second-order valence-electron chi connectivity index (χ2n) is 2.72. The lowest BCUT2D eigenvalue weighted by atomic mass is 10.2. The van der Waals surface area contributed by atoms with Crippen molar-refractivity contribution >= 4 is 21.8 Å². The summed E-state index contributed by atoms with van der Waals surface area (Å²) in [4.78, 5) is 10.2. The van der Waals surface area contributed by atoms with Crippen molar-refractivity contribution in [3.8, 4) is 0 Å². The molecule has 0 aliphatic carbocycles. The van der Waals surface area contributed by atoms with Gasteiger partial charge in [-0.05, 0) is 18.2 Å². The van der Waals surface area contributed by atoms with E-state index in [-0.39, 0.29) is 5.69 Å². The van der Waals surface area contributed by atoms with Gasteiger partial charge in [0.25, 0.3) is 10.1 Å². The van der Waals surface area contributed by atoms with Crippen LogP contribution in [0, 0.1) is 0 Å². The molecule has 8 nitrogen and oxygen atoms in total. The highest BCUT2D eigenvalue weighted by Gasteiger charge is 2.16. The molecule has 9 heteroatoms. The first-order chi connectivity index (χ1) is 7.36. The number of carboxylic acids is 1. The lowest BCUT2D eigenvalue weighted by Gasteiger charge is -2.08. The van der Waals surface area contributed by atoms with E-state index in [4.69, 9.17) is 14.9 Å². The number of benzene rings is 1. The Bertz CT molecular complexity index is 512. The van der Waals surface area contributed by atoms with E-state index in [0.717, 1.165) is 18.2 Å². The van der Waals surface area contributed by atoms with Crippen LogP contribution in [-0.2, 0) is 10.1 Å². The van der Waals surface area contributed by atoms with Crippen molar-refractivity contribution in [1.29, 1.82) is 0 Å². The Hall–Kier alpha value is -1.68. The summed E-state index contributed by atoms with van der Waals surface area (Å²) in [5.41, 5.74) is 3.12. The van der Waals surface area contributed by atoms with E-state index < -0.39 is 26.5 Å². The fourth-order valence-electron chi connectivity index (χ4n) is 1.03. The number of rotatable bonds is 4. The zero-order valence-corrected chi connectivity index (χ0v) is 8.52. The van der Waals surface area contributed by atoms with Gasteiger partial charge in [0.15, 0.2) is 0 Å². The molecule has 0 saturated heterocycles. The summed E-state index contributed by atoms with van der Waals surface area (Å²) in [7, 11) is -4.46. The molecule has 0 spiro atoms. The van der Waals surface area contributed by atoms with Gasteiger partial charge < -0.3 is 5.11 Å². The lowest BCUT2D eigenvalue weighted by Crippen LogP contribution is -2.18. The second-order valence-corrected chi connectivity index (χ2v) is 4.15. The average Bonchev–Trinajstić information content (AvgIpc) is 2.16. The van der Waals surface area contributed by atoms with Gasteiger partial charge in [-0.2, -0.15) is 8.42 Å². The van der Waals surface area contributed by atoms with Crippen LogP contribution in [0.5, 0.6) is 0 Å². The molecule has 88 valence electrons. The van der Waals surface area contributed by atoms with Crippen molar-refractivity contribution in [2.24, 2.45) is 0 Å². The van der Waals surface area contributed by atoms with Crippen LogP contribution in [0.2, 0.25) is 0 Å². The maximum Gasteiger partial charge on any atom is 0.337 e. The fraction of sp³-hybridized carbons (Fsp3) is 0. The summed E-state index contributed by atoms with van der Waals surface area (Å²) in [5, 5.41) is 17.1. The Balaban J connectivity index is 3.34. The predicted octanol–water partition coefficient (Wildman–Crippen LogP) is -0.0628. The molecular weight excluding hydrogens is 240 g/mol. The smallest absolute Gasteiger partial charge is 0.337 e. The molecule has 0 aliphatic rings. The maximum atomic E-state index is 10.8. The number of anilines is 1. The second kappa shape index (κ2) is 4.45. The van der Waals surface area contributed by atoms with Gasteiger partial charge in [0.05, 0.1) is 16.1 Å². The third-order valence-electron chi connectivity index (χ3n) is 1.71. The van der Waals surface area contributed by atoms with Crippen LogP contribution in [0.1, 0.15) is 10.4 Å². The molecule has 1 rings (SSSR count). The van der Waals surface area contributed by atoms with Crippen LogP contribution in [0.3, 0.4) is 0 Å². The molecule has 0 aromatic heterocycles. The van der Waals surface area contributed by atoms with Gasteiger partial charge in [-0.3, -0.25) is 15.2 Å². The first kappa shape index (κ1) is 12.4. The molecule has 0 heterocycles. The Morgan fingerprint density at radius 1 is 1.31 bits per heavy atom. The van der Waals surface area contributed by atoms with Crippen LogP contribution < -0.4 is 11.0 Å². The molecule has 1 aromatic carbocycles. The van der Waals surface area contributed by atoms with E-state index in [9.17, 15) is 13.2 Å². The number of hydrogen-bond acceptors (Lipinski definition) is 6. The number of aromatic carboxylic acids is 1. The first-order valence-corrected chi connectivity index (χ1v) is 5.30. The number of hydrazine groups is 1. The Labute approximate surface area is 90.2 Å². The summed E-state index contributed by atoms with van der Waals surface area (Å²) in [6.07, 6.45) is 0. The van der Waals surface area contributed by atoms with Gasteiger partial charge in [0.1, 0.15) is 0 Å². The number of nitrogens with one attached hydrogen (secondary N) is 2. The van der Waals surface area contributed by atoms with E-state index in [0.29, 0.717) is 0 Å². The zero-order chi connectivity index (χ0) is 12.3. The number of hydrogen-bond donors (Lipinski definition) is 5. The average molecular weight is 248 g/mol. The van der Waals surface area contributed by atoms with Crippen LogP contribution in [0.25, 0.3) is 0 Å². The Morgan fingerprint density at radius 2 is 1.94 bits per heavy atom. The molecule has 0 fully saturated rings. The van der Waals surface area contributed by atoms with Gasteiger partial charge in [-0.1, -0.05) is 0 Å². The molecular formula is C7H8N2O6S. The minimum absolute atomic E-state index is 0.0533. The van der Waals surface area contributed by atoms with Gasteiger partial charge in [-0.25, -0.2) is 4.79 Å². The quantitative estimate of drug-likeness (QED) is 0.369. The zero-order valence-electron chi connectivity index (χ0n) is 7.71. The number of carboxylic acid groups (broad SMARTS) is 1. The molecule has 1 aromatic rings. The third kappa shape index (κ3) is 2.67. The van der Waals surface area contributed by atoms with Crippen LogP contribution >= 0.6 is 0 Å². The van der Waals surface area contributed by atoms with Gasteiger partial charge in [-0.15, -0.1) is 5.59 Å². The van der Waals surface area contributed by atoms with Gasteiger partial charge in [0.2, 0.25) is 0 Å². The highest BCUT2D eigenvalue weighted by Crippen LogP contribution is 2.19. The molecule has 0 saturated carbocycles. The predicted molar refractivity (Wildman–Crippen MR) is 51.8 cm³/mol. The molecule has 0 radical (unpaired) electrons. The minimum atomic E-state index is -4.46. The van der Waals surface area contributed by atoms with Crippen LogP contribution in [-0.4, -0.2) is 29.3 Å². The van der Waals surface area contributed by atoms with E-state index in [2.05, 4.69) is 5.43 Å². The van der Waals surface area contributed by atoms with Crippen molar-refractivity contribution in [2.75, 3.05) is 5.43 Å². The molecule has 0 bridgehead atoms. The van der Waals surface area contributed by atoms with Crippen LogP contribution in [0.15, 0.2) is 23.1 Å². The molecule has 0 unspecified atom stereocenters. The third-order valence-corrected chi connectivity index (χ3v) is 2.56. The van der Waals surface area contributed by atoms with E-state index in [1.54, 1.807) is 0 Å². The largest absolute Gasteiger partial charge is 0.478 e. The highest BCUT2D eigenvalue weighted by molar-refractivity contribution is 7.85. The normalized spacial score (nSPS) is 11.1. The monoisotopic (exact) mass is 248 g/mol. The van der Waals surface area contributed by atoms with E-state index in [1.165, 1.54) is 5.59 Å². The molecule has 16 heavy (non-hydrogen) atoms. The van der Waals surface area contributed by atoms with E-state index >= 15 is 0 Å². The van der Waals surface area contributed by atoms with Crippen molar-refractivity contribution in [1.82, 2.24) is 5.59 Å². The van der Waals surface area contributed by atoms with Crippen molar-refractivity contribution in [3.05, 3.63) is 23.8 Å². The first-order valence-electron chi connectivity index (χ1n) is 3.86. The van der Waals surface area contributed by atoms with Gasteiger partial charge >= 0.3 is 5.97 Å². The summed E-state index contributed by atoms with van der Waals surface area (Å²) in [5.74, 6) is -1.41. The summed E-state index contributed by atoms with van der Waals surface area (Å²) < 4.78 is 30.2. The topological polar surface area (TPSA) is 136 Å². The standard InChI is InChI=1S/C7H8N2O6S/c10-7(11)5-3-4(16(13,14)15)1-2-6(5)8-9-12/h1-3,8-9,12H,(H,10,11)(H,13,14,15). The van der Waals surface area contributed by atoms with Crippen molar-refractivity contribution in [2.45, 2.75) is 4.90 Å². The molecule has 0 aliphatic heterocycles. The molecule has 5 N–H and O–H groups in total. The molecule has 0 amide bonds. The SMILES string of the molecule is O=C(O)c1cc(S(=O)(=O)O)ccc1NNO. The fourth-order valence-corrected chi connectivity index (χ4v) is 1.54. The van der Waals surface area contributed by atoms with Crippen molar-refractivity contribution in [3.63, 3.8) is 0 Å². The highest BCUT2D eigenvalue weighted by atomic mass is 32.2. The van der Waals surface area contributed by atoms with E-state index in [1.807, 2.05) is 0 Å². The summed E-state index contributed by atoms with van der Waals surface area (Å²) in [6.45, 7) is 0. The Morgan fingerprint density at radius 3 is 2.38 bits per heavy atom. The summed E-state index contributed by atoms with van der Waals surface area (Å²) in [6, 6.07) is 2.83. The summed E-state index contributed by atoms with van der Waals surface area (Å²) >= 11 is 0. The maximum absolute atomic E-state index is 10.8. The van der Waals surface area contributed by atoms with Gasteiger partial charge in [0, 0.05) is 0 Å². The minimum Gasteiger partial charge on any atom is -0.478 e. The van der Waals surface area contributed by atoms with Crippen molar-refractivity contribution < 1.29 is 28.1 Å².